The van der Waals surface area contributed by atoms with Gasteiger partial charge in [0.25, 0.3) is 0 Å². The normalized spacial score (nSPS) is 25.0. The molecule has 0 bridgehead atoms. The maximum atomic E-state index is 13.8. The smallest absolute Gasteiger partial charge is 0.337 e. The average Bonchev–Trinajstić information content (AvgIpc) is 2.84. The van der Waals surface area contributed by atoms with Crippen molar-refractivity contribution in [3.05, 3.63) is 52.4 Å². The van der Waals surface area contributed by atoms with Gasteiger partial charge in [-0.1, -0.05) is 25.5 Å². The molecule has 35 heavy (non-hydrogen) atoms. The molecule has 0 saturated heterocycles. The minimum atomic E-state index is -0.903. The highest BCUT2D eigenvalue weighted by molar-refractivity contribution is 6.12. The third-order valence-corrected chi connectivity index (χ3v) is 7.31. The maximum absolute atomic E-state index is 13.8. The molecule has 0 aromatic heterocycles. The summed E-state index contributed by atoms with van der Waals surface area (Å²) in [5.41, 5.74) is 3.09. The molecule has 1 aromatic rings. The number of carbonyl (C=O) groups is 3. The van der Waals surface area contributed by atoms with Crippen LogP contribution in [0, 0.1) is 11.8 Å². The van der Waals surface area contributed by atoms with E-state index in [2.05, 4.69) is 5.32 Å². The number of carbonyl (C=O) groups excluding carboxylic acids is 3. The molecule has 0 amide bonds. The molecule has 1 aliphatic heterocycles. The van der Waals surface area contributed by atoms with Crippen LogP contribution in [-0.4, -0.2) is 37.5 Å². The van der Waals surface area contributed by atoms with E-state index in [1.807, 2.05) is 45.0 Å². The Morgan fingerprint density at radius 1 is 1.09 bits per heavy atom. The van der Waals surface area contributed by atoms with Crippen molar-refractivity contribution in [2.45, 2.75) is 71.3 Å². The molecule has 2 aliphatic carbocycles. The first-order valence-electron chi connectivity index (χ1n) is 12.6. The Labute approximate surface area is 206 Å². The minimum absolute atomic E-state index is 0.113. The number of benzene rings is 1. The summed E-state index contributed by atoms with van der Waals surface area (Å²) in [6, 6.07) is 7.44. The van der Waals surface area contributed by atoms with Gasteiger partial charge in [-0.2, -0.15) is 0 Å². The van der Waals surface area contributed by atoms with Crippen LogP contribution in [0.4, 0.5) is 0 Å². The van der Waals surface area contributed by atoms with Gasteiger partial charge in [0, 0.05) is 22.9 Å². The third-order valence-electron chi connectivity index (χ3n) is 7.31. The first kappa shape index (κ1) is 25.0. The van der Waals surface area contributed by atoms with E-state index in [1.165, 1.54) is 7.11 Å². The summed E-state index contributed by atoms with van der Waals surface area (Å²) in [6.07, 6.45) is 5.35. The quantitative estimate of drug-likeness (QED) is 0.470. The fraction of sp³-hybridized carbons (Fsp3) is 0.536. The number of allylic oxidation sites excluding steroid dienone is 3. The Morgan fingerprint density at radius 2 is 1.77 bits per heavy atom. The number of nitrogens with one attached hydrogen (secondary N) is 1. The molecule has 0 radical (unpaired) electrons. The number of esters is 2. The lowest BCUT2D eigenvalue weighted by atomic mass is 9.69. The van der Waals surface area contributed by atoms with Crippen LogP contribution in [0.2, 0.25) is 0 Å². The van der Waals surface area contributed by atoms with Crippen molar-refractivity contribution in [2.75, 3.05) is 13.7 Å². The number of hydrogen-bond donors (Lipinski definition) is 1. The van der Waals surface area contributed by atoms with E-state index in [9.17, 15) is 14.4 Å². The second-order valence-electron chi connectivity index (χ2n) is 9.70. The number of Topliss-reactive ketones (excluding diaryl/α,β-unsaturated/α-hetero) is 1. The Hall–Kier alpha value is -3.09. The molecule has 0 spiro atoms. The largest absolute Gasteiger partial charge is 0.494 e. The van der Waals surface area contributed by atoms with E-state index in [1.54, 1.807) is 0 Å². The molecule has 7 heteroatoms. The minimum Gasteiger partial charge on any atom is -0.494 e. The molecule has 1 saturated carbocycles. The molecular weight excluding hydrogens is 446 g/mol. The van der Waals surface area contributed by atoms with E-state index in [-0.39, 0.29) is 17.8 Å². The van der Waals surface area contributed by atoms with Crippen LogP contribution in [0.3, 0.4) is 0 Å². The fourth-order valence-electron chi connectivity index (χ4n) is 5.61. The highest BCUT2D eigenvalue weighted by Crippen LogP contribution is 2.46. The Morgan fingerprint density at radius 3 is 2.40 bits per heavy atom. The highest BCUT2D eigenvalue weighted by Gasteiger charge is 2.47. The van der Waals surface area contributed by atoms with Gasteiger partial charge in [0.1, 0.15) is 17.8 Å². The van der Waals surface area contributed by atoms with Crippen molar-refractivity contribution < 1.29 is 28.6 Å². The standard InChI is InChI=1S/C28H35NO6/c1-5-34-19-13-11-18(12-14-19)24-23(28(32)35-20-9-7-6-8-10-20)17(3)29-21-15-16(2)22(27(31)33-4)26(30)25(21)24/h11-14,16,20,22,24,29H,5-10,15H2,1-4H3/t16-,22-,24-/m1/s1. The molecule has 188 valence electrons. The zero-order valence-corrected chi connectivity index (χ0v) is 21.0. The first-order valence-corrected chi connectivity index (χ1v) is 12.6. The first-order chi connectivity index (χ1) is 16.8. The third kappa shape index (κ3) is 5.00. The zero-order valence-electron chi connectivity index (χ0n) is 21.0. The zero-order chi connectivity index (χ0) is 25.1. The van der Waals surface area contributed by atoms with Crippen LogP contribution in [0.15, 0.2) is 46.8 Å². The van der Waals surface area contributed by atoms with Gasteiger partial charge in [0.05, 0.1) is 19.3 Å². The summed E-state index contributed by atoms with van der Waals surface area (Å²) < 4.78 is 16.5. The van der Waals surface area contributed by atoms with Crippen LogP contribution < -0.4 is 10.1 Å². The monoisotopic (exact) mass is 481 g/mol. The van der Waals surface area contributed by atoms with Crippen molar-refractivity contribution in [3.8, 4) is 5.75 Å². The lowest BCUT2D eigenvalue weighted by Gasteiger charge is -2.38. The van der Waals surface area contributed by atoms with Gasteiger partial charge in [0.15, 0.2) is 5.78 Å². The van der Waals surface area contributed by atoms with Crippen molar-refractivity contribution in [2.24, 2.45) is 11.8 Å². The van der Waals surface area contributed by atoms with E-state index < -0.39 is 23.8 Å². The summed E-state index contributed by atoms with van der Waals surface area (Å²) in [5, 5.41) is 3.32. The molecule has 4 rings (SSSR count). The van der Waals surface area contributed by atoms with Crippen molar-refractivity contribution in [1.82, 2.24) is 5.32 Å². The second-order valence-corrected chi connectivity index (χ2v) is 9.70. The van der Waals surface area contributed by atoms with Gasteiger partial charge in [-0.15, -0.1) is 0 Å². The van der Waals surface area contributed by atoms with Gasteiger partial charge >= 0.3 is 11.9 Å². The van der Waals surface area contributed by atoms with Crippen molar-refractivity contribution in [3.63, 3.8) is 0 Å². The van der Waals surface area contributed by atoms with Crippen LogP contribution in [0.1, 0.15) is 70.8 Å². The van der Waals surface area contributed by atoms with Gasteiger partial charge in [-0.25, -0.2) is 4.79 Å². The summed E-state index contributed by atoms with van der Waals surface area (Å²) >= 11 is 0. The predicted octanol–water partition coefficient (Wildman–Crippen LogP) is 4.57. The lowest BCUT2D eigenvalue weighted by Crippen LogP contribution is -2.43. The van der Waals surface area contributed by atoms with Gasteiger partial charge in [0.2, 0.25) is 0 Å². The maximum Gasteiger partial charge on any atom is 0.337 e. The van der Waals surface area contributed by atoms with Gasteiger partial charge in [-0.3, -0.25) is 9.59 Å². The van der Waals surface area contributed by atoms with E-state index in [0.29, 0.717) is 35.6 Å². The van der Waals surface area contributed by atoms with Crippen LogP contribution in [0.5, 0.6) is 5.75 Å². The Kier molecular flexibility index (Phi) is 7.63. The number of hydrogen-bond acceptors (Lipinski definition) is 7. The molecule has 3 atom stereocenters. The number of rotatable bonds is 6. The number of dihydropyridines is 1. The molecule has 1 heterocycles. The van der Waals surface area contributed by atoms with Crippen LogP contribution in [0.25, 0.3) is 0 Å². The molecule has 1 fully saturated rings. The summed E-state index contributed by atoms with van der Waals surface area (Å²) in [5.74, 6) is -2.30. The molecular formula is C28H35NO6. The molecule has 3 aliphatic rings. The van der Waals surface area contributed by atoms with Crippen LogP contribution >= 0.6 is 0 Å². The summed E-state index contributed by atoms with van der Waals surface area (Å²) in [4.78, 5) is 39.9. The predicted molar refractivity (Wildman–Crippen MR) is 130 cm³/mol. The molecule has 1 aromatic carbocycles. The topological polar surface area (TPSA) is 90.9 Å². The van der Waals surface area contributed by atoms with Gasteiger partial charge < -0.3 is 19.5 Å². The van der Waals surface area contributed by atoms with E-state index >= 15 is 0 Å². The molecule has 1 N–H and O–H groups in total. The van der Waals surface area contributed by atoms with E-state index in [0.717, 1.165) is 43.4 Å². The Bertz CT molecular complexity index is 1050. The SMILES string of the molecule is CCOc1ccc([C@@H]2C(C(=O)OC3CCCCC3)=C(C)NC3=C2C(=O)[C@H](C(=O)OC)[C@H](C)C3)cc1. The molecule has 0 unspecified atom stereocenters. The van der Waals surface area contributed by atoms with Crippen molar-refractivity contribution in [1.29, 1.82) is 0 Å². The van der Waals surface area contributed by atoms with Crippen molar-refractivity contribution >= 4 is 17.7 Å². The average molecular weight is 482 g/mol. The summed E-state index contributed by atoms with van der Waals surface area (Å²) in [6.45, 7) is 6.18. The lowest BCUT2D eigenvalue weighted by molar-refractivity contribution is -0.151. The number of ketones is 1. The van der Waals surface area contributed by atoms with Crippen LogP contribution in [-0.2, 0) is 23.9 Å². The van der Waals surface area contributed by atoms with E-state index in [4.69, 9.17) is 14.2 Å². The number of methoxy groups -OCH3 is 1. The highest BCUT2D eigenvalue weighted by atomic mass is 16.5. The van der Waals surface area contributed by atoms with Gasteiger partial charge in [-0.05, 0) is 69.6 Å². The number of ether oxygens (including phenoxy) is 3. The Balaban J connectivity index is 1.77. The molecule has 7 nitrogen and oxygen atoms in total. The summed E-state index contributed by atoms with van der Waals surface area (Å²) in [7, 11) is 1.30. The fourth-order valence-corrected chi connectivity index (χ4v) is 5.61. The second kappa shape index (κ2) is 10.7.